The van der Waals surface area contributed by atoms with Gasteiger partial charge in [0.1, 0.15) is 0 Å². The van der Waals surface area contributed by atoms with E-state index in [0.29, 0.717) is 13.0 Å². The SMILES string of the molecule is C#CCn1cc(/C=N\NC(=O)Cc2ccc(CC)cc2)c2ccccc21. The van der Waals surface area contributed by atoms with Crippen LogP contribution in [-0.4, -0.2) is 16.7 Å². The van der Waals surface area contributed by atoms with Gasteiger partial charge in [-0.2, -0.15) is 5.10 Å². The maximum atomic E-state index is 12.1. The molecule has 1 amide bonds. The fourth-order valence-electron chi connectivity index (χ4n) is 2.90. The number of carbonyl (C=O) groups is 1. The van der Waals surface area contributed by atoms with Crippen LogP contribution in [0.1, 0.15) is 23.6 Å². The molecule has 130 valence electrons. The van der Waals surface area contributed by atoms with E-state index < -0.39 is 0 Å². The van der Waals surface area contributed by atoms with Gasteiger partial charge in [0.15, 0.2) is 0 Å². The highest BCUT2D eigenvalue weighted by Gasteiger charge is 2.06. The van der Waals surface area contributed by atoms with Crippen LogP contribution >= 0.6 is 0 Å². The van der Waals surface area contributed by atoms with Gasteiger partial charge in [0, 0.05) is 22.7 Å². The molecule has 0 aliphatic carbocycles. The Bertz CT molecular complexity index is 975. The van der Waals surface area contributed by atoms with Gasteiger partial charge in [-0.3, -0.25) is 4.79 Å². The predicted octanol–water partition coefficient (Wildman–Crippen LogP) is 3.53. The third-order valence-electron chi connectivity index (χ3n) is 4.27. The Morgan fingerprint density at radius 2 is 1.92 bits per heavy atom. The topological polar surface area (TPSA) is 46.4 Å². The van der Waals surface area contributed by atoms with Gasteiger partial charge in [-0.05, 0) is 23.6 Å². The number of rotatable bonds is 6. The average molecular weight is 343 g/mol. The molecule has 26 heavy (non-hydrogen) atoms. The van der Waals surface area contributed by atoms with E-state index in [1.807, 2.05) is 59.3 Å². The number of para-hydroxylation sites is 1. The molecule has 2 aromatic carbocycles. The molecule has 1 heterocycles. The lowest BCUT2D eigenvalue weighted by molar-refractivity contribution is -0.120. The zero-order valence-electron chi connectivity index (χ0n) is 14.8. The van der Waals surface area contributed by atoms with Gasteiger partial charge in [-0.15, -0.1) is 6.42 Å². The summed E-state index contributed by atoms with van der Waals surface area (Å²) in [7, 11) is 0. The van der Waals surface area contributed by atoms with E-state index in [2.05, 4.69) is 23.4 Å². The highest BCUT2D eigenvalue weighted by molar-refractivity contribution is 5.99. The summed E-state index contributed by atoms with van der Waals surface area (Å²) in [4.78, 5) is 12.1. The molecular formula is C22H21N3O. The van der Waals surface area contributed by atoms with Gasteiger partial charge in [-0.1, -0.05) is 55.3 Å². The quantitative estimate of drug-likeness (QED) is 0.415. The average Bonchev–Trinajstić information content (AvgIpc) is 3.01. The molecule has 3 rings (SSSR count). The lowest BCUT2D eigenvalue weighted by Gasteiger charge is -2.02. The second-order valence-electron chi connectivity index (χ2n) is 6.07. The van der Waals surface area contributed by atoms with E-state index >= 15 is 0 Å². The normalized spacial score (nSPS) is 10.9. The van der Waals surface area contributed by atoms with Crippen LogP contribution in [0.2, 0.25) is 0 Å². The molecule has 0 spiro atoms. The first-order chi connectivity index (χ1) is 12.7. The standard InChI is InChI=1S/C22H21N3O/c1-3-13-25-16-19(20-7-5-6-8-21(20)25)15-23-24-22(26)14-18-11-9-17(4-2)10-12-18/h1,5-12,15-16H,4,13-14H2,2H3,(H,24,26)/b23-15-. The van der Waals surface area contributed by atoms with Crippen molar-refractivity contribution >= 4 is 23.0 Å². The number of fused-ring (bicyclic) bond motifs is 1. The van der Waals surface area contributed by atoms with E-state index in [0.717, 1.165) is 28.5 Å². The second-order valence-corrected chi connectivity index (χ2v) is 6.07. The van der Waals surface area contributed by atoms with Crippen LogP contribution in [0.3, 0.4) is 0 Å². The number of hydrazone groups is 1. The summed E-state index contributed by atoms with van der Waals surface area (Å²) in [6.07, 6.45) is 10.3. The molecule has 0 aliphatic heterocycles. The number of hydrogen-bond donors (Lipinski definition) is 1. The molecular weight excluding hydrogens is 322 g/mol. The number of carbonyl (C=O) groups excluding carboxylic acids is 1. The minimum Gasteiger partial charge on any atom is -0.335 e. The summed E-state index contributed by atoms with van der Waals surface area (Å²) in [5, 5.41) is 5.16. The number of aromatic nitrogens is 1. The minimum absolute atomic E-state index is 0.141. The molecule has 0 unspecified atom stereocenters. The fraction of sp³-hybridized carbons (Fsp3) is 0.182. The van der Waals surface area contributed by atoms with Gasteiger partial charge in [-0.25, -0.2) is 5.43 Å². The van der Waals surface area contributed by atoms with Crippen LogP contribution < -0.4 is 5.43 Å². The number of benzene rings is 2. The van der Waals surface area contributed by atoms with Gasteiger partial charge >= 0.3 is 0 Å². The van der Waals surface area contributed by atoms with Gasteiger partial charge < -0.3 is 4.57 Å². The second kappa shape index (κ2) is 8.17. The Kier molecular flexibility index (Phi) is 5.50. The maximum absolute atomic E-state index is 12.1. The van der Waals surface area contributed by atoms with Crippen LogP contribution in [0.15, 0.2) is 59.8 Å². The zero-order chi connectivity index (χ0) is 18.4. The van der Waals surface area contributed by atoms with Crippen molar-refractivity contribution in [3.8, 4) is 12.3 Å². The lowest BCUT2D eigenvalue weighted by Crippen LogP contribution is -2.19. The van der Waals surface area contributed by atoms with Crippen molar-refractivity contribution in [3.05, 3.63) is 71.4 Å². The number of terminal acetylenes is 1. The van der Waals surface area contributed by atoms with Crippen LogP contribution in [0, 0.1) is 12.3 Å². The molecule has 4 nitrogen and oxygen atoms in total. The highest BCUT2D eigenvalue weighted by atomic mass is 16.2. The Morgan fingerprint density at radius 3 is 2.65 bits per heavy atom. The smallest absolute Gasteiger partial charge is 0.244 e. The van der Waals surface area contributed by atoms with Crippen LogP contribution in [0.25, 0.3) is 10.9 Å². The lowest BCUT2D eigenvalue weighted by atomic mass is 10.1. The largest absolute Gasteiger partial charge is 0.335 e. The number of nitrogens with zero attached hydrogens (tertiary/aromatic N) is 2. The van der Waals surface area contributed by atoms with Crippen molar-refractivity contribution in [2.45, 2.75) is 26.3 Å². The van der Waals surface area contributed by atoms with E-state index in [-0.39, 0.29) is 5.91 Å². The first-order valence-corrected chi connectivity index (χ1v) is 8.62. The number of hydrogen-bond acceptors (Lipinski definition) is 2. The minimum atomic E-state index is -0.141. The van der Waals surface area contributed by atoms with E-state index in [1.54, 1.807) is 6.21 Å². The van der Waals surface area contributed by atoms with Crippen molar-refractivity contribution in [2.24, 2.45) is 5.10 Å². The molecule has 0 saturated carbocycles. The third kappa shape index (κ3) is 4.01. The number of aryl methyl sites for hydroxylation is 1. The number of amides is 1. The Balaban J connectivity index is 1.67. The molecule has 0 radical (unpaired) electrons. The van der Waals surface area contributed by atoms with Crippen molar-refractivity contribution < 1.29 is 4.79 Å². The van der Waals surface area contributed by atoms with E-state index in [9.17, 15) is 4.79 Å². The maximum Gasteiger partial charge on any atom is 0.244 e. The summed E-state index contributed by atoms with van der Waals surface area (Å²) in [5.41, 5.74) is 6.80. The monoisotopic (exact) mass is 343 g/mol. The van der Waals surface area contributed by atoms with Crippen LogP contribution in [0.5, 0.6) is 0 Å². The van der Waals surface area contributed by atoms with Crippen molar-refractivity contribution in [3.63, 3.8) is 0 Å². The highest BCUT2D eigenvalue weighted by Crippen LogP contribution is 2.19. The Labute approximate surface area is 153 Å². The molecule has 4 heteroatoms. The Hall–Kier alpha value is -3.32. The summed E-state index contributed by atoms with van der Waals surface area (Å²) >= 11 is 0. The van der Waals surface area contributed by atoms with Gasteiger partial charge in [0.05, 0.1) is 19.2 Å². The van der Waals surface area contributed by atoms with Gasteiger partial charge in [0.25, 0.3) is 0 Å². The fourth-order valence-corrected chi connectivity index (χ4v) is 2.90. The molecule has 0 saturated heterocycles. The van der Waals surface area contributed by atoms with Crippen LogP contribution in [0.4, 0.5) is 0 Å². The predicted molar refractivity (Wildman–Crippen MR) is 106 cm³/mol. The summed E-state index contributed by atoms with van der Waals surface area (Å²) < 4.78 is 1.99. The molecule has 0 atom stereocenters. The summed E-state index contributed by atoms with van der Waals surface area (Å²) in [6.45, 7) is 2.60. The molecule has 0 fully saturated rings. The molecule has 1 N–H and O–H groups in total. The van der Waals surface area contributed by atoms with Crippen molar-refractivity contribution in [2.75, 3.05) is 0 Å². The molecule has 1 aromatic heterocycles. The first-order valence-electron chi connectivity index (χ1n) is 8.62. The van der Waals surface area contributed by atoms with Gasteiger partial charge in [0.2, 0.25) is 5.91 Å². The molecule has 0 bridgehead atoms. The zero-order valence-corrected chi connectivity index (χ0v) is 14.8. The van der Waals surface area contributed by atoms with Crippen molar-refractivity contribution in [1.29, 1.82) is 0 Å². The van der Waals surface area contributed by atoms with E-state index in [4.69, 9.17) is 6.42 Å². The third-order valence-corrected chi connectivity index (χ3v) is 4.27. The molecule has 0 aliphatic rings. The first kappa shape index (κ1) is 17.5. The summed E-state index contributed by atoms with van der Waals surface area (Å²) in [5.74, 6) is 2.51. The van der Waals surface area contributed by atoms with Crippen LogP contribution in [-0.2, 0) is 24.2 Å². The number of nitrogens with one attached hydrogen (secondary N) is 1. The summed E-state index contributed by atoms with van der Waals surface area (Å²) in [6, 6.07) is 16.0. The Morgan fingerprint density at radius 1 is 1.19 bits per heavy atom. The van der Waals surface area contributed by atoms with E-state index in [1.165, 1.54) is 5.56 Å². The van der Waals surface area contributed by atoms with Crippen molar-refractivity contribution in [1.82, 2.24) is 9.99 Å². The molecule has 3 aromatic rings.